The summed E-state index contributed by atoms with van der Waals surface area (Å²) in [6.45, 7) is 7.37. The number of hydrogen-bond donors (Lipinski definition) is 0. The Kier molecular flexibility index (Phi) is 6.13. The highest BCUT2D eigenvalue weighted by molar-refractivity contribution is 5.89. The Hall–Kier alpha value is -3.38. The van der Waals surface area contributed by atoms with Gasteiger partial charge in [-0.1, -0.05) is 6.07 Å². The number of fused-ring (bicyclic) bond motifs is 1. The predicted octanol–water partition coefficient (Wildman–Crippen LogP) is 3.80. The van der Waals surface area contributed by atoms with Gasteiger partial charge in [-0.15, -0.1) is 0 Å². The molecule has 0 saturated carbocycles. The van der Waals surface area contributed by atoms with Gasteiger partial charge in [0, 0.05) is 44.3 Å². The molecular weight excluding hydrogens is 426 g/mol. The number of alkyl halides is 2. The van der Waals surface area contributed by atoms with Crippen molar-refractivity contribution in [2.75, 3.05) is 18.0 Å². The summed E-state index contributed by atoms with van der Waals surface area (Å²) in [5, 5.41) is 9.32. The number of pyridine rings is 3. The Bertz CT molecular complexity index is 1280. The van der Waals surface area contributed by atoms with Crippen molar-refractivity contribution in [2.24, 2.45) is 7.05 Å². The van der Waals surface area contributed by atoms with E-state index in [1.54, 1.807) is 37.4 Å². The maximum atomic E-state index is 13.1. The second-order valence-electron chi connectivity index (χ2n) is 8.61. The van der Waals surface area contributed by atoms with E-state index in [0.29, 0.717) is 41.2 Å². The molecule has 1 aliphatic rings. The van der Waals surface area contributed by atoms with Crippen LogP contribution in [0.4, 0.5) is 14.5 Å². The molecule has 172 valence electrons. The van der Waals surface area contributed by atoms with Crippen LogP contribution < -0.4 is 10.5 Å². The first-order valence-corrected chi connectivity index (χ1v) is 10.9. The zero-order valence-corrected chi connectivity index (χ0v) is 19.0. The molecule has 33 heavy (non-hydrogen) atoms. The summed E-state index contributed by atoms with van der Waals surface area (Å²) < 4.78 is 27.8. The first kappa shape index (κ1) is 22.8. The van der Waals surface area contributed by atoms with Crippen molar-refractivity contribution < 1.29 is 8.78 Å². The highest BCUT2D eigenvalue weighted by atomic mass is 19.3. The van der Waals surface area contributed by atoms with Crippen LogP contribution in [0.5, 0.6) is 0 Å². The lowest BCUT2D eigenvalue weighted by molar-refractivity contribution is 0.115. The molecule has 3 aromatic heterocycles. The highest BCUT2D eigenvalue weighted by Gasteiger charge is 2.34. The van der Waals surface area contributed by atoms with Crippen molar-refractivity contribution in [3.8, 4) is 6.07 Å². The molecule has 1 fully saturated rings. The third kappa shape index (κ3) is 4.18. The summed E-state index contributed by atoms with van der Waals surface area (Å²) in [6.07, 6.45) is -2.61. The van der Waals surface area contributed by atoms with Gasteiger partial charge in [0.15, 0.2) is 0 Å². The zero-order valence-electron chi connectivity index (χ0n) is 19.0. The summed E-state index contributed by atoms with van der Waals surface area (Å²) in [4.78, 5) is 25.7. The van der Waals surface area contributed by atoms with E-state index < -0.39 is 6.43 Å². The van der Waals surface area contributed by atoms with Crippen LogP contribution in [0.2, 0.25) is 0 Å². The molecule has 0 amide bonds. The summed E-state index contributed by atoms with van der Waals surface area (Å²) in [7, 11) is 1.69. The topological polar surface area (TPSA) is 78.0 Å². The second-order valence-corrected chi connectivity index (χ2v) is 8.61. The standard InChI is InChI=1S/C24H26F2N6O/c1-14-13-32(21-10-22(33)30(4)20-9-8-17(11-27)28-23(20)21)15(2)12-31(14)16(3)18-6-5-7-19(29-18)24(25)26/h5-10,14-16,24H,12-13H2,1-4H3/t14-,15+,16?/m1/s1. The van der Waals surface area contributed by atoms with E-state index in [9.17, 15) is 18.8 Å². The van der Waals surface area contributed by atoms with E-state index in [1.165, 1.54) is 10.6 Å². The lowest BCUT2D eigenvalue weighted by Crippen LogP contribution is -2.57. The number of rotatable bonds is 4. The minimum Gasteiger partial charge on any atom is -0.364 e. The number of anilines is 1. The first-order chi connectivity index (χ1) is 15.7. The van der Waals surface area contributed by atoms with Crippen molar-refractivity contribution >= 4 is 16.7 Å². The third-order valence-corrected chi connectivity index (χ3v) is 6.47. The SMILES string of the molecule is CC(c1cccc(C(F)F)n1)N1C[C@H](C)N(c2cc(=O)n(C)c3ccc(C#N)nc23)C[C@H]1C. The van der Waals surface area contributed by atoms with Crippen molar-refractivity contribution in [3.05, 3.63) is 63.8 Å². The third-order valence-electron chi connectivity index (χ3n) is 6.47. The Labute approximate surface area is 190 Å². The monoisotopic (exact) mass is 452 g/mol. The molecular formula is C24H26F2N6O. The van der Waals surface area contributed by atoms with Crippen LogP contribution in [-0.2, 0) is 7.05 Å². The Morgan fingerprint density at radius 3 is 2.52 bits per heavy atom. The number of aryl methyl sites for hydroxylation is 1. The molecule has 1 unspecified atom stereocenters. The maximum absolute atomic E-state index is 13.1. The fraction of sp³-hybridized carbons (Fsp3) is 0.417. The fourth-order valence-corrected chi connectivity index (χ4v) is 4.61. The molecule has 4 rings (SSSR count). The molecule has 0 radical (unpaired) electrons. The lowest BCUT2D eigenvalue weighted by atomic mass is 10.0. The van der Waals surface area contributed by atoms with Gasteiger partial charge in [-0.2, -0.15) is 5.26 Å². The number of piperazine rings is 1. The molecule has 3 atom stereocenters. The van der Waals surface area contributed by atoms with Crippen LogP contribution in [-0.4, -0.2) is 44.6 Å². The van der Waals surface area contributed by atoms with Gasteiger partial charge in [0.25, 0.3) is 12.0 Å². The Balaban J connectivity index is 1.67. The molecule has 0 aliphatic carbocycles. The maximum Gasteiger partial charge on any atom is 0.280 e. The zero-order chi connectivity index (χ0) is 23.9. The van der Waals surface area contributed by atoms with Gasteiger partial charge in [-0.05, 0) is 45.0 Å². The molecule has 0 aromatic carbocycles. The summed E-state index contributed by atoms with van der Waals surface area (Å²) in [5.41, 5.74) is 2.52. The average molecular weight is 453 g/mol. The molecule has 7 nitrogen and oxygen atoms in total. The molecule has 0 bridgehead atoms. The predicted molar refractivity (Wildman–Crippen MR) is 122 cm³/mol. The number of hydrogen-bond acceptors (Lipinski definition) is 6. The quantitative estimate of drug-likeness (QED) is 0.599. The van der Waals surface area contributed by atoms with Crippen LogP contribution in [0.3, 0.4) is 0 Å². The van der Waals surface area contributed by atoms with Gasteiger partial charge in [0.2, 0.25) is 0 Å². The normalized spacial score (nSPS) is 20.2. The van der Waals surface area contributed by atoms with Crippen molar-refractivity contribution in [1.82, 2.24) is 19.4 Å². The minimum absolute atomic E-state index is 0.0183. The summed E-state index contributed by atoms with van der Waals surface area (Å²) in [6, 6.07) is 11.7. The molecule has 0 spiro atoms. The van der Waals surface area contributed by atoms with Gasteiger partial charge in [-0.3, -0.25) is 14.7 Å². The van der Waals surface area contributed by atoms with Crippen molar-refractivity contribution in [1.29, 1.82) is 5.26 Å². The number of nitriles is 1. The van der Waals surface area contributed by atoms with Gasteiger partial charge >= 0.3 is 0 Å². The van der Waals surface area contributed by atoms with Crippen molar-refractivity contribution in [3.63, 3.8) is 0 Å². The number of aromatic nitrogens is 3. The van der Waals surface area contributed by atoms with Crippen LogP contribution in [0.15, 0.2) is 41.2 Å². The van der Waals surface area contributed by atoms with Crippen LogP contribution >= 0.6 is 0 Å². The average Bonchev–Trinajstić information content (AvgIpc) is 2.82. The first-order valence-electron chi connectivity index (χ1n) is 10.9. The van der Waals surface area contributed by atoms with Crippen LogP contribution in [0.25, 0.3) is 11.0 Å². The molecule has 4 heterocycles. The van der Waals surface area contributed by atoms with Crippen molar-refractivity contribution in [2.45, 2.75) is 45.3 Å². The summed E-state index contributed by atoms with van der Waals surface area (Å²) in [5.74, 6) is 0. The van der Waals surface area contributed by atoms with E-state index in [4.69, 9.17) is 0 Å². The van der Waals surface area contributed by atoms with E-state index in [-0.39, 0.29) is 29.4 Å². The number of nitrogens with zero attached hydrogens (tertiary/aromatic N) is 6. The van der Waals surface area contributed by atoms with Crippen LogP contribution in [0, 0.1) is 11.3 Å². The highest BCUT2D eigenvalue weighted by Crippen LogP contribution is 2.32. The van der Waals surface area contributed by atoms with E-state index in [1.807, 2.05) is 6.92 Å². The molecule has 0 N–H and O–H groups in total. The summed E-state index contributed by atoms with van der Waals surface area (Å²) >= 11 is 0. The Morgan fingerprint density at radius 2 is 1.82 bits per heavy atom. The largest absolute Gasteiger partial charge is 0.364 e. The second kappa shape index (κ2) is 8.87. The van der Waals surface area contributed by atoms with E-state index in [0.717, 1.165) is 0 Å². The minimum atomic E-state index is -2.61. The van der Waals surface area contributed by atoms with Gasteiger partial charge in [0.05, 0.1) is 16.9 Å². The Morgan fingerprint density at radius 1 is 1.09 bits per heavy atom. The molecule has 3 aromatic rings. The van der Waals surface area contributed by atoms with E-state index in [2.05, 4.69) is 39.7 Å². The van der Waals surface area contributed by atoms with Gasteiger partial charge in [-0.25, -0.2) is 13.8 Å². The van der Waals surface area contributed by atoms with Gasteiger partial charge in [0.1, 0.15) is 23.0 Å². The lowest BCUT2D eigenvalue weighted by Gasteiger charge is -2.47. The number of halogens is 2. The van der Waals surface area contributed by atoms with Gasteiger partial charge < -0.3 is 9.47 Å². The van der Waals surface area contributed by atoms with E-state index >= 15 is 0 Å². The fourth-order valence-electron chi connectivity index (χ4n) is 4.61. The van der Waals surface area contributed by atoms with Crippen LogP contribution in [0.1, 0.15) is 50.3 Å². The molecule has 1 aliphatic heterocycles. The molecule has 9 heteroatoms. The molecule has 1 saturated heterocycles. The smallest absolute Gasteiger partial charge is 0.280 e.